The van der Waals surface area contributed by atoms with Crippen LogP contribution in [-0.2, 0) is 16.1 Å². The number of rotatable bonds is 7. The maximum Gasteiger partial charge on any atom is 0.410 e. The number of ketones is 1. The number of allylic oxidation sites excluding steroid dienone is 1. The van der Waals surface area contributed by atoms with E-state index >= 15 is 0 Å². The Kier molecular flexibility index (Phi) is 7.01. The fourth-order valence-corrected chi connectivity index (χ4v) is 2.05. The highest BCUT2D eigenvalue weighted by molar-refractivity contribution is 5.81. The van der Waals surface area contributed by atoms with E-state index in [4.69, 9.17) is 4.74 Å². The van der Waals surface area contributed by atoms with Gasteiger partial charge in [-0.15, -0.1) is 0 Å². The zero-order valence-electron chi connectivity index (χ0n) is 14.6. The van der Waals surface area contributed by atoms with Crippen LogP contribution in [0.4, 0.5) is 4.79 Å². The number of Topliss-reactive ketones (excluding diaryl/α,β-unsaturated/α-hetero) is 1. The van der Waals surface area contributed by atoms with Gasteiger partial charge in [0.1, 0.15) is 11.4 Å². The third-order valence-corrected chi connectivity index (χ3v) is 3.03. The molecule has 0 saturated carbocycles. The van der Waals surface area contributed by atoms with Crippen LogP contribution in [0.3, 0.4) is 0 Å². The highest BCUT2D eigenvalue weighted by Crippen LogP contribution is 2.14. The summed E-state index contributed by atoms with van der Waals surface area (Å²) in [4.78, 5) is 25.8. The van der Waals surface area contributed by atoms with Gasteiger partial charge in [0, 0.05) is 25.9 Å². The fraction of sp³-hybridized carbons (Fsp3) is 0.474. The minimum Gasteiger partial charge on any atom is -0.444 e. The molecule has 0 heterocycles. The Bertz CT molecular complexity index is 543. The average molecular weight is 317 g/mol. The SMILES string of the molecule is C=C(C)CC(=O)CCN(Cc1ccccc1)C(=O)OC(C)(C)C. The fourth-order valence-electron chi connectivity index (χ4n) is 2.05. The smallest absolute Gasteiger partial charge is 0.410 e. The van der Waals surface area contributed by atoms with Gasteiger partial charge >= 0.3 is 6.09 Å². The highest BCUT2D eigenvalue weighted by atomic mass is 16.6. The molecule has 4 heteroatoms. The average Bonchev–Trinajstić information content (AvgIpc) is 2.41. The molecule has 1 amide bonds. The van der Waals surface area contributed by atoms with Gasteiger partial charge in [0.25, 0.3) is 0 Å². The maximum atomic E-state index is 12.4. The summed E-state index contributed by atoms with van der Waals surface area (Å²) in [5.74, 6) is 0.0825. The summed E-state index contributed by atoms with van der Waals surface area (Å²) in [6.45, 7) is 11.8. The van der Waals surface area contributed by atoms with Gasteiger partial charge in [-0.2, -0.15) is 0 Å². The van der Waals surface area contributed by atoms with Crippen molar-refractivity contribution < 1.29 is 14.3 Å². The van der Waals surface area contributed by atoms with Gasteiger partial charge in [-0.3, -0.25) is 4.79 Å². The number of nitrogens with zero attached hydrogens (tertiary/aromatic N) is 1. The minimum absolute atomic E-state index is 0.0825. The second-order valence-corrected chi connectivity index (χ2v) is 6.81. The van der Waals surface area contributed by atoms with Crippen LogP contribution >= 0.6 is 0 Å². The number of amides is 1. The van der Waals surface area contributed by atoms with Gasteiger partial charge < -0.3 is 9.64 Å². The van der Waals surface area contributed by atoms with Crippen molar-refractivity contribution in [2.24, 2.45) is 0 Å². The Morgan fingerprint density at radius 1 is 1.17 bits per heavy atom. The normalized spacial score (nSPS) is 11.0. The summed E-state index contributed by atoms with van der Waals surface area (Å²) < 4.78 is 5.44. The van der Waals surface area contributed by atoms with Crippen molar-refractivity contribution in [1.29, 1.82) is 0 Å². The molecule has 0 fully saturated rings. The van der Waals surface area contributed by atoms with Crippen molar-refractivity contribution in [3.63, 3.8) is 0 Å². The predicted molar refractivity (Wildman–Crippen MR) is 92.1 cm³/mol. The summed E-state index contributed by atoms with van der Waals surface area (Å²) in [6.07, 6.45) is 0.261. The van der Waals surface area contributed by atoms with Crippen molar-refractivity contribution in [2.75, 3.05) is 6.54 Å². The van der Waals surface area contributed by atoms with Crippen molar-refractivity contribution in [1.82, 2.24) is 4.90 Å². The number of benzene rings is 1. The van der Waals surface area contributed by atoms with Crippen LogP contribution in [0.25, 0.3) is 0 Å². The zero-order chi connectivity index (χ0) is 17.5. The Labute approximate surface area is 139 Å². The first kappa shape index (κ1) is 18.9. The standard InChI is InChI=1S/C19H27NO3/c1-15(2)13-17(21)11-12-20(18(22)23-19(3,4)5)14-16-9-7-6-8-10-16/h6-10H,1,11-14H2,2-5H3. The third kappa shape index (κ3) is 8.19. The van der Waals surface area contributed by atoms with Gasteiger partial charge in [-0.1, -0.05) is 42.5 Å². The lowest BCUT2D eigenvalue weighted by atomic mass is 10.1. The lowest BCUT2D eigenvalue weighted by molar-refractivity contribution is -0.118. The molecule has 23 heavy (non-hydrogen) atoms. The molecule has 126 valence electrons. The van der Waals surface area contributed by atoms with Gasteiger partial charge in [-0.25, -0.2) is 4.79 Å². The monoisotopic (exact) mass is 317 g/mol. The van der Waals surface area contributed by atoms with Crippen LogP contribution in [0, 0.1) is 0 Å². The summed E-state index contributed by atoms with van der Waals surface area (Å²) in [5, 5.41) is 0. The molecule has 0 aliphatic rings. The number of ether oxygens (including phenoxy) is 1. The van der Waals surface area contributed by atoms with Crippen LogP contribution in [0.5, 0.6) is 0 Å². The number of hydrogen-bond donors (Lipinski definition) is 0. The maximum absolute atomic E-state index is 12.4. The second kappa shape index (κ2) is 8.51. The Morgan fingerprint density at radius 3 is 2.30 bits per heavy atom. The van der Waals surface area contributed by atoms with Gasteiger partial charge in [0.2, 0.25) is 0 Å². The molecule has 0 unspecified atom stereocenters. The molecule has 4 nitrogen and oxygen atoms in total. The molecule has 0 radical (unpaired) electrons. The molecule has 0 aliphatic heterocycles. The molecule has 0 bridgehead atoms. The zero-order valence-corrected chi connectivity index (χ0v) is 14.6. The van der Waals surface area contributed by atoms with Crippen molar-refractivity contribution >= 4 is 11.9 Å². The van der Waals surface area contributed by atoms with Crippen LogP contribution in [0.2, 0.25) is 0 Å². The van der Waals surface area contributed by atoms with Gasteiger partial charge in [0.15, 0.2) is 0 Å². The third-order valence-electron chi connectivity index (χ3n) is 3.03. The molecule has 0 atom stereocenters. The minimum atomic E-state index is -0.562. The van der Waals surface area contributed by atoms with E-state index in [0.29, 0.717) is 25.9 Å². The molecule has 0 aliphatic carbocycles. The number of hydrogen-bond acceptors (Lipinski definition) is 3. The summed E-state index contributed by atoms with van der Waals surface area (Å²) in [5.41, 5.74) is 1.28. The van der Waals surface area contributed by atoms with E-state index in [1.165, 1.54) is 0 Å². The Hall–Kier alpha value is -2.10. The topological polar surface area (TPSA) is 46.6 Å². The molecule has 1 aromatic carbocycles. The largest absolute Gasteiger partial charge is 0.444 e. The van der Waals surface area contributed by atoms with Crippen LogP contribution in [-0.4, -0.2) is 28.9 Å². The molecule has 0 N–H and O–H groups in total. The van der Waals surface area contributed by atoms with E-state index in [1.807, 2.05) is 58.0 Å². The summed E-state index contributed by atoms with van der Waals surface area (Å²) in [6, 6.07) is 9.68. The molecule has 1 rings (SSSR count). The van der Waals surface area contributed by atoms with Gasteiger partial charge in [0.05, 0.1) is 0 Å². The second-order valence-electron chi connectivity index (χ2n) is 6.81. The highest BCUT2D eigenvalue weighted by Gasteiger charge is 2.22. The lowest BCUT2D eigenvalue weighted by Crippen LogP contribution is -2.37. The van der Waals surface area contributed by atoms with E-state index < -0.39 is 11.7 Å². The Balaban J connectivity index is 2.73. The quantitative estimate of drug-likeness (QED) is 0.702. The van der Waals surface area contributed by atoms with Crippen molar-refractivity contribution in [3.05, 3.63) is 48.0 Å². The lowest BCUT2D eigenvalue weighted by Gasteiger charge is -2.27. The van der Waals surface area contributed by atoms with Crippen LogP contribution < -0.4 is 0 Å². The summed E-state index contributed by atoms with van der Waals surface area (Å²) in [7, 11) is 0. The molecular weight excluding hydrogens is 290 g/mol. The molecule has 1 aromatic rings. The van der Waals surface area contributed by atoms with E-state index in [2.05, 4.69) is 6.58 Å². The number of carbonyl (C=O) groups is 2. The molecule has 0 spiro atoms. The van der Waals surface area contributed by atoms with E-state index in [1.54, 1.807) is 4.90 Å². The molecule has 0 saturated heterocycles. The first-order chi connectivity index (χ1) is 10.7. The first-order valence-electron chi connectivity index (χ1n) is 7.85. The number of carbonyl (C=O) groups excluding carboxylic acids is 2. The Morgan fingerprint density at radius 2 is 1.78 bits per heavy atom. The van der Waals surface area contributed by atoms with Crippen molar-refractivity contribution in [3.8, 4) is 0 Å². The van der Waals surface area contributed by atoms with E-state index in [9.17, 15) is 9.59 Å². The predicted octanol–water partition coefficient (Wildman–Crippen LogP) is 4.35. The first-order valence-corrected chi connectivity index (χ1v) is 7.85. The van der Waals surface area contributed by atoms with E-state index in [-0.39, 0.29) is 5.78 Å². The summed E-state index contributed by atoms with van der Waals surface area (Å²) >= 11 is 0. The van der Waals surface area contributed by atoms with Crippen LogP contribution in [0.1, 0.15) is 46.1 Å². The molecule has 0 aromatic heterocycles. The molecular formula is C19H27NO3. The van der Waals surface area contributed by atoms with Gasteiger partial charge in [-0.05, 0) is 33.3 Å². The van der Waals surface area contributed by atoms with E-state index in [0.717, 1.165) is 11.1 Å². The van der Waals surface area contributed by atoms with Crippen molar-refractivity contribution in [2.45, 2.75) is 52.7 Å². The van der Waals surface area contributed by atoms with Crippen LogP contribution in [0.15, 0.2) is 42.5 Å².